The standard InChI is InChI=1S/C23H25F2N7O4/c1-30(2)10-11-31(3)16-12-19(35-22(24)25)23(26,13-17(16)32(33)34)21-27-9-8-15(28-21)20-14-6-4-5-7-18(14)36-29-20/h4-9,12-13,19,22H,10-11,26H2,1-3H3. The fourth-order valence-electron chi connectivity index (χ4n) is 3.91. The molecule has 36 heavy (non-hydrogen) atoms. The highest BCUT2D eigenvalue weighted by Crippen LogP contribution is 2.36. The first-order valence-corrected chi connectivity index (χ1v) is 11.0. The number of nitrogens with two attached hydrogens (primary N) is 1. The van der Waals surface area contributed by atoms with Crippen molar-refractivity contribution in [1.82, 2.24) is 24.9 Å². The maximum absolute atomic E-state index is 13.4. The molecule has 2 aromatic heterocycles. The topological polar surface area (TPSA) is 137 Å². The third-order valence-corrected chi connectivity index (χ3v) is 5.82. The normalized spacial score (nSPS) is 20.1. The van der Waals surface area contributed by atoms with Crippen LogP contribution < -0.4 is 5.73 Å². The molecule has 2 atom stereocenters. The minimum absolute atomic E-state index is 0.104. The number of hydrogen-bond acceptors (Lipinski definition) is 10. The van der Waals surface area contributed by atoms with Crippen molar-refractivity contribution in [3.63, 3.8) is 0 Å². The van der Waals surface area contributed by atoms with Crippen molar-refractivity contribution in [3.05, 3.63) is 76.0 Å². The van der Waals surface area contributed by atoms with E-state index in [1.54, 1.807) is 42.3 Å². The van der Waals surface area contributed by atoms with Crippen LogP contribution in [-0.2, 0) is 10.3 Å². The van der Waals surface area contributed by atoms with Gasteiger partial charge in [-0.3, -0.25) is 10.1 Å². The zero-order chi connectivity index (χ0) is 26.0. The fourth-order valence-corrected chi connectivity index (χ4v) is 3.91. The summed E-state index contributed by atoms with van der Waals surface area (Å²) in [7, 11) is 5.33. The molecule has 0 fully saturated rings. The highest BCUT2D eigenvalue weighted by atomic mass is 19.3. The predicted molar refractivity (Wildman–Crippen MR) is 126 cm³/mol. The van der Waals surface area contributed by atoms with E-state index in [0.29, 0.717) is 35.4 Å². The number of nitro groups is 1. The minimum atomic E-state index is -3.20. The van der Waals surface area contributed by atoms with Crippen molar-refractivity contribution in [1.29, 1.82) is 0 Å². The van der Waals surface area contributed by atoms with Crippen LogP contribution in [0.2, 0.25) is 0 Å². The number of fused-ring (bicyclic) bond motifs is 1. The first kappa shape index (κ1) is 25.3. The molecule has 3 aromatic rings. The van der Waals surface area contributed by atoms with Crippen LogP contribution in [0.15, 0.2) is 64.6 Å². The Kier molecular flexibility index (Phi) is 7.06. The van der Waals surface area contributed by atoms with E-state index in [-0.39, 0.29) is 17.2 Å². The lowest BCUT2D eigenvalue weighted by Gasteiger charge is -2.36. The summed E-state index contributed by atoms with van der Waals surface area (Å²) in [4.78, 5) is 23.5. The molecule has 2 N–H and O–H groups in total. The van der Waals surface area contributed by atoms with E-state index < -0.39 is 23.2 Å². The van der Waals surface area contributed by atoms with Gasteiger partial charge < -0.3 is 24.8 Å². The zero-order valence-electron chi connectivity index (χ0n) is 19.8. The summed E-state index contributed by atoms with van der Waals surface area (Å²) >= 11 is 0. The number of aromatic nitrogens is 3. The maximum atomic E-state index is 13.4. The molecule has 0 amide bonds. The zero-order valence-corrected chi connectivity index (χ0v) is 19.8. The predicted octanol–water partition coefficient (Wildman–Crippen LogP) is 2.60. The van der Waals surface area contributed by atoms with Crippen LogP contribution in [0.25, 0.3) is 22.4 Å². The molecule has 0 bridgehead atoms. The van der Waals surface area contributed by atoms with Gasteiger partial charge in [0.15, 0.2) is 11.4 Å². The van der Waals surface area contributed by atoms with Gasteiger partial charge in [0.25, 0.3) is 5.70 Å². The second kappa shape index (κ2) is 10.0. The van der Waals surface area contributed by atoms with Crippen LogP contribution in [0.4, 0.5) is 8.78 Å². The Balaban J connectivity index is 1.80. The average molecular weight is 501 g/mol. The molecule has 2 unspecified atom stereocenters. The lowest BCUT2D eigenvalue weighted by atomic mass is 9.85. The van der Waals surface area contributed by atoms with Gasteiger partial charge in [0.05, 0.1) is 16.0 Å². The Hall–Kier alpha value is -3.81. The summed E-state index contributed by atoms with van der Waals surface area (Å²) in [6.07, 6.45) is 2.17. The number of ether oxygens (including phenoxy) is 1. The summed E-state index contributed by atoms with van der Waals surface area (Å²) in [5.74, 6) is -0.150. The van der Waals surface area contributed by atoms with Gasteiger partial charge in [0, 0.05) is 32.4 Å². The van der Waals surface area contributed by atoms with Gasteiger partial charge in [-0.25, -0.2) is 9.97 Å². The highest BCUT2D eigenvalue weighted by Gasteiger charge is 2.46. The molecule has 0 spiro atoms. The first-order chi connectivity index (χ1) is 17.1. The van der Waals surface area contributed by atoms with Crippen molar-refractivity contribution in [2.24, 2.45) is 5.73 Å². The smallest absolute Gasteiger partial charge is 0.345 e. The Morgan fingerprint density at radius 3 is 2.69 bits per heavy atom. The SMILES string of the molecule is CN(C)CCN(C)C1=CC(OC(F)F)C(N)(c2nccc(-c3noc4ccccc34)n2)C=C1[N+](=O)[O-]. The number of para-hydroxylation sites is 1. The fraction of sp³-hybridized carbons (Fsp3) is 0.348. The number of hydrogen-bond donors (Lipinski definition) is 1. The summed E-state index contributed by atoms with van der Waals surface area (Å²) in [5.41, 5.74) is 5.52. The van der Waals surface area contributed by atoms with E-state index in [9.17, 15) is 18.9 Å². The Labute approximate surface area is 205 Å². The van der Waals surface area contributed by atoms with Crippen LogP contribution in [0.3, 0.4) is 0 Å². The van der Waals surface area contributed by atoms with Crippen molar-refractivity contribution >= 4 is 11.0 Å². The van der Waals surface area contributed by atoms with Crippen molar-refractivity contribution in [2.75, 3.05) is 34.2 Å². The Morgan fingerprint density at radius 1 is 1.25 bits per heavy atom. The van der Waals surface area contributed by atoms with Gasteiger partial charge in [0.1, 0.15) is 23.0 Å². The number of rotatable bonds is 9. The van der Waals surface area contributed by atoms with Gasteiger partial charge in [-0.1, -0.05) is 17.3 Å². The van der Waals surface area contributed by atoms with E-state index >= 15 is 0 Å². The lowest BCUT2D eigenvalue weighted by Crippen LogP contribution is -2.52. The molecule has 1 aliphatic rings. The monoisotopic (exact) mass is 501 g/mol. The summed E-state index contributed by atoms with van der Waals surface area (Å²) in [6, 6.07) is 8.66. The third-order valence-electron chi connectivity index (χ3n) is 5.82. The van der Waals surface area contributed by atoms with E-state index in [4.69, 9.17) is 15.0 Å². The van der Waals surface area contributed by atoms with Crippen molar-refractivity contribution < 1.29 is 23.0 Å². The first-order valence-electron chi connectivity index (χ1n) is 11.0. The van der Waals surface area contributed by atoms with E-state index in [1.807, 2.05) is 19.0 Å². The number of benzene rings is 1. The van der Waals surface area contributed by atoms with E-state index in [2.05, 4.69) is 15.1 Å². The number of likely N-dealkylation sites (N-methyl/N-ethyl adjacent to an activating group) is 2. The molecule has 0 saturated heterocycles. The molecule has 2 heterocycles. The molecule has 11 nitrogen and oxygen atoms in total. The van der Waals surface area contributed by atoms with Crippen LogP contribution in [-0.4, -0.2) is 76.8 Å². The minimum Gasteiger partial charge on any atom is -0.368 e. The molecule has 0 aliphatic heterocycles. The number of alkyl halides is 2. The third kappa shape index (κ3) is 4.94. The van der Waals surface area contributed by atoms with Crippen LogP contribution in [0.1, 0.15) is 5.82 Å². The number of halogens is 2. The van der Waals surface area contributed by atoms with Gasteiger partial charge in [-0.05, 0) is 38.4 Å². The van der Waals surface area contributed by atoms with E-state index in [1.165, 1.54) is 12.3 Å². The second-order valence-electron chi connectivity index (χ2n) is 8.61. The molecular formula is C23H25F2N7O4. The van der Waals surface area contributed by atoms with Gasteiger partial charge in [-0.15, -0.1) is 0 Å². The average Bonchev–Trinajstić information content (AvgIpc) is 3.27. The van der Waals surface area contributed by atoms with Crippen LogP contribution in [0.5, 0.6) is 0 Å². The van der Waals surface area contributed by atoms with Gasteiger partial charge in [-0.2, -0.15) is 8.78 Å². The molecule has 4 rings (SSSR count). The molecule has 1 aliphatic carbocycles. The van der Waals surface area contributed by atoms with Crippen LogP contribution in [0, 0.1) is 10.1 Å². The summed E-state index contributed by atoms with van der Waals surface area (Å²) < 4.78 is 37.1. The van der Waals surface area contributed by atoms with Gasteiger partial charge >= 0.3 is 6.61 Å². The largest absolute Gasteiger partial charge is 0.368 e. The quantitative estimate of drug-likeness (QED) is 0.344. The van der Waals surface area contributed by atoms with Crippen molar-refractivity contribution in [2.45, 2.75) is 18.3 Å². The highest BCUT2D eigenvalue weighted by molar-refractivity contribution is 5.90. The molecule has 0 radical (unpaired) electrons. The van der Waals surface area contributed by atoms with Crippen LogP contribution >= 0.6 is 0 Å². The lowest BCUT2D eigenvalue weighted by molar-refractivity contribution is -0.423. The summed E-state index contributed by atoms with van der Waals surface area (Å²) in [6.45, 7) is -2.23. The molecule has 190 valence electrons. The van der Waals surface area contributed by atoms with Gasteiger partial charge in [0.2, 0.25) is 0 Å². The maximum Gasteiger partial charge on any atom is 0.345 e. The van der Waals surface area contributed by atoms with Crippen molar-refractivity contribution in [3.8, 4) is 11.4 Å². The Morgan fingerprint density at radius 2 is 2.00 bits per heavy atom. The molecule has 13 heteroatoms. The second-order valence-corrected chi connectivity index (χ2v) is 8.61. The molecule has 0 saturated carbocycles. The molecule has 1 aromatic carbocycles. The molecular weight excluding hydrogens is 476 g/mol. The summed E-state index contributed by atoms with van der Waals surface area (Å²) in [5, 5.41) is 16.7. The van der Waals surface area contributed by atoms with E-state index in [0.717, 1.165) is 6.08 Å². The number of nitrogens with zero attached hydrogens (tertiary/aromatic N) is 6. The Bertz CT molecular complexity index is 1330.